The van der Waals surface area contributed by atoms with Crippen molar-refractivity contribution in [3.8, 4) is 11.4 Å². The predicted octanol–water partition coefficient (Wildman–Crippen LogP) is 2.64. The van der Waals surface area contributed by atoms with E-state index in [1.165, 1.54) is 12.1 Å². The number of carboxylic acid groups (broad SMARTS) is 1. The number of hydrogen-bond donors (Lipinski definition) is 1. The highest BCUT2D eigenvalue weighted by Gasteiger charge is 2.31. The lowest BCUT2D eigenvalue weighted by Crippen LogP contribution is -2.26. The Balaban J connectivity index is 2.43. The highest BCUT2D eigenvalue weighted by atomic mass is 19.4. The molecular weight excluding hydrogens is 301 g/mol. The summed E-state index contributed by atoms with van der Waals surface area (Å²) < 4.78 is 38.8. The summed E-state index contributed by atoms with van der Waals surface area (Å²) in [4.78, 5) is 11.3. The normalized spacial score (nSPS) is 13.4. The monoisotopic (exact) mass is 314 g/mol. The Morgan fingerprint density at radius 3 is 2.27 bits per heavy atom. The van der Waals surface area contributed by atoms with Crippen LogP contribution in [0, 0.1) is 5.92 Å². The summed E-state index contributed by atoms with van der Waals surface area (Å²) in [5.74, 6) is -1.31. The fraction of sp³-hybridized carbons (Fsp3) is 0.385. The van der Waals surface area contributed by atoms with E-state index in [2.05, 4.69) is 15.5 Å². The van der Waals surface area contributed by atoms with Gasteiger partial charge >= 0.3 is 12.1 Å². The average molecular weight is 314 g/mol. The molecular formula is C13H13F3N4O2. The molecule has 1 unspecified atom stereocenters. The lowest BCUT2D eigenvalue weighted by molar-refractivity contribution is -0.142. The summed E-state index contributed by atoms with van der Waals surface area (Å²) in [7, 11) is 0. The Morgan fingerprint density at radius 1 is 1.23 bits per heavy atom. The number of carbonyl (C=O) groups is 1. The van der Waals surface area contributed by atoms with E-state index in [1.807, 2.05) is 0 Å². The van der Waals surface area contributed by atoms with Gasteiger partial charge in [-0.25, -0.2) is 9.48 Å². The molecule has 0 fully saturated rings. The Labute approximate surface area is 123 Å². The van der Waals surface area contributed by atoms with Crippen molar-refractivity contribution in [3.05, 3.63) is 29.8 Å². The van der Waals surface area contributed by atoms with Gasteiger partial charge in [-0.15, -0.1) is 5.10 Å². The molecule has 1 heterocycles. The molecule has 118 valence electrons. The van der Waals surface area contributed by atoms with Crippen molar-refractivity contribution < 1.29 is 23.1 Å². The van der Waals surface area contributed by atoms with Gasteiger partial charge in [-0.05, 0) is 28.5 Å². The standard InChI is InChI=1S/C13H13F3N4O2/c1-7(2)10(12(21)22)20-11(17-18-19-20)8-3-5-9(6-4-8)13(14,15)16/h3-7,10H,1-2H3,(H,21,22). The van der Waals surface area contributed by atoms with E-state index >= 15 is 0 Å². The zero-order valence-corrected chi connectivity index (χ0v) is 11.7. The number of alkyl halides is 3. The largest absolute Gasteiger partial charge is 0.480 e. The molecule has 0 saturated carbocycles. The second-order valence-electron chi connectivity index (χ2n) is 5.05. The summed E-state index contributed by atoms with van der Waals surface area (Å²) >= 11 is 0. The minimum Gasteiger partial charge on any atom is -0.480 e. The van der Waals surface area contributed by atoms with E-state index < -0.39 is 23.8 Å². The Bertz CT molecular complexity index is 665. The molecule has 0 amide bonds. The fourth-order valence-corrected chi connectivity index (χ4v) is 2.05. The third-order valence-electron chi connectivity index (χ3n) is 3.11. The van der Waals surface area contributed by atoms with Gasteiger partial charge in [0.1, 0.15) is 0 Å². The Hall–Kier alpha value is -2.45. The third-order valence-corrected chi connectivity index (χ3v) is 3.11. The van der Waals surface area contributed by atoms with Crippen molar-refractivity contribution >= 4 is 5.97 Å². The second kappa shape index (κ2) is 5.74. The van der Waals surface area contributed by atoms with E-state index in [4.69, 9.17) is 0 Å². The maximum absolute atomic E-state index is 12.6. The molecule has 0 radical (unpaired) electrons. The van der Waals surface area contributed by atoms with E-state index in [0.717, 1.165) is 16.8 Å². The molecule has 1 aromatic heterocycles. The van der Waals surface area contributed by atoms with Crippen LogP contribution in [0.1, 0.15) is 25.5 Å². The molecule has 0 aliphatic heterocycles. The summed E-state index contributed by atoms with van der Waals surface area (Å²) in [5.41, 5.74) is -0.487. The lowest BCUT2D eigenvalue weighted by atomic mass is 10.0. The van der Waals surface area contributed by atoms with Crippen molar-refractivity contribution in [1.29, 1.82) is 0 Å². The topological polar surface area (TPSA) is 80.9 Å². The van der Waals surface area contributed by atoms with Gasteiger partial charge in [0.2, 0.25) is 0 Å². The highest BCUT2D eigenvalue weighted by molar-refractivity contribution is 5.73. The number of carboxylic acids is 1. The number of halogens is 3. The van der Waals surface area contributed by atoms with Crippen molar-refractivity contribution in [1.82, 2.24) is 20.2 Å². The molecule has 0 aliphatic carbocycles. The van der Waals surface area contributed by atoms with E-state index in [-0.39, 0.29) is 11.7 Å². The molecule has 0 saturated heterocycles. The number of aromatic nitrogens is 4. The van der Waals surface area contributed by atoms with Crippen LogP contribution in [0.15, 0.2) is 24.3 Å². The summed E-state index contributed by atoms with van der Waals surface area (Å²) in [6.45, 7) is 3.38. The predicted molar refractivity (Wildman–Crippen MR) is 69.8 cm³/mol. The summed E-state index contributed by atoms with van der Waals surface area (Å²) in [5, 5.41) is 20.1. The van der Waals surface area contributed by atoms with Crippen LogP contribution in [0.25, 0.3) is 11.4 Å². The van der Waals surface area contributed by atoms with Crippen molar-refractivity contribution in [3.63, 3.8) is 0 Å². The van der Waals surface area contributed by atoms with Crippen LogP contribution in [0.2, 0.25) is 0 Å². The Kier molecular flexibility index (Phi) is 4.16. The first kappa shape index (κ1) is 15.9. The molecule has 0 bridgehead atoms. The maximum Gasteiger partial charge on any atom is 0.416 e. The van der Waals surface area contributed by atoms with Gasteiger partial charge < -0.3 is 5.11 Å². The van der Waals surface area contributed by atoms with Crippen LogP contribution in [-0.4, -0.2) is 31.3 Å². The molecule has 1 N–H and O–H groups in total. The quantitative estimate of drug-likeness (QED) is 0.938. The van der Waals surface area contributed by atoms with Gasteiger partial charge in [-0.1, -0.05) is 26.0 Å². The number of benzene rings is 1. The van der Waals surface area contributed by atoms with Crippen LogP contribution in [-0.2, 0) is 11.0 Å². The summed E-state index contributed by atoms with van der Waals surface area (Å²) in [6.07, 6.45) is -4.44. The summed E-state index contributed by atoms with van der Waals surface area (Å²) in [6, 6.07) is 3.22. The van der Waals surface area contributed by atoms with E-state index in [1.54, 1.807) is 13.8 Å². The minimum atomic E-state index is -4.44. The minimum absolute atomic E-state index is 0.106. The number of hydrogen-bond acceptors (Lipinski definition) is 4. The molecule has 6 nitrogen and oxygen atoms in total. The van der Waals surface area contributed by atoms with Crippen molar-refractivity contribution in [2.24, 2.45) is 5.92 Å². The lowest BCUT2D eigenvalue weighted by Gasteiger charge is -2.17. The number of tetrazole rings is 1. The molecule has 0 aliphatic rings. The second-order valence-corrected chi connectivity index (χ2v) is 5.05. The average Bonchev–Trinajstić information content (AvgIpc) is 2.86. The van der Waals surface area contributed by atoms with Gasteiger partial charge in [0.05, 0.1) is 5.56 Å². The fourth-order valence-electron chi connectivity index (χ4n) is 2.05. The van der Waals surface area contributed by atoms with Gasteiger partial charge in [-0.2, -0.15) is 13.2 Å². The molecule has 2 rings (SSSR count). The van der Waals surface area contributed by atoms with Crippen LogP contribution in [0.4, 0.5) is 13.2 Å². The first-order valence-electron chi connectivity index (χ1n) is 6.40. The van der Waals surface area contributed by atoms with E-state index in [9.17, 15) is 23.1 Å². The smallest absolute Gasteiger partial charge is 0.416 e. The maximum atomic E-state index is 12.6. The molecule has 2 aromatic rings. The highest BCUT2D eigenvalue weighted by Crippen LogP contribution is 2.31. The van der Waals surface area contributed by atoms with Crippen LogP contribution < -0.4 is 0 Å². The molecule has 9 heteroatoms. The van der Waals surface area contributed by atoms with Gasteiger partial charge in [0.15, 0.2) is 11.9 Å². The van der Waals surface area contributed by atoms with Gasteiger partial charge in [0.25, 0.3) is 0 Å². The molecule has 1 aromatic carbocycles. The van der Waals surface area contributed by atoms with Crippen LogP contribution in [0.3, 0.4) is 0 Å². The first-order chi connectivity index (χ1) is 10.2. The number of nitrogens with zero attached hydrogens (tertiary/aromatic N) is 4. The molecule has 1 atom stereocenters. The molecule has 22 heavy (non-hydrogen) atoms. The first-order valence-corrected chi connectivity index (χ1v) is 6.40. The van der Waals surface area contributed by atoms with Gasteiger partial charge in [0, 0.05) is 5.56 Å². The van der Waals surface area contributed by atoms with Crippen molar-refractivity contribution in [2.45, 2.75) is 26.1 Å². The van der Waals surface area contributed by atoms with Crippen LogP contribution >= 0.6 is 0 Å². The Morgan fingerprint density at radius 2 is 1.82 bits per heavy atom. The number of rotatable bonds is 4. The number of aliphatic carboxylic acids is 1. The van der Waals surface area contributed by atoms with E-state index in [0.29, 0.717) is 5.56 Å². The molecule has 0 spiro atoms. The zero-order valence-electron chi connectivity index (χ0n) is 11.7. The zero-order chi connectivity index (χ0) is 16.5. The van der Waals surface area contributed by atoms with Crippen molar-refractivity contribution in [2.75, 3.05) is 0 Å². The van der Waals surface area contributed by atoms with Crippen LogP contribution in [0.5, 0.6) is 0 Å². The SMILES string of the molecule is CC(C)C(C(=O)O)n1nnnc1-c1ccc(C(F)(F)F)cc1. The third kappa shape index (κ3) is 3.07. The van der Waals surface area contributed by atoms with Gasteiger partial charge in [-0.3, -0.25) is 0 Å².